The molecule has 0 unspecified atom stereocenters. The molecule has 2 rings (SSSR count). The van der Waals surface area contributed by atoms with Crippen LogP contribution in [-0.2, 0) is 11.2 Å². The molecule has 0 aliphatic heterocycles. The summed E-state index contributed by atoms with van der Waals surface area (Å²) in [6.07, 6.45) is 0.137. The van der Waals surface area contributed by atoms with Gasteiger partial charge in [-0.15, -0.1) is 0 Å². The third-order valence-corrected chi connectivity index (χ3v) is 3.21. The lowest BCUT2D eigenvalue weighted by atomic mass is 10.1. The molecule has 0 saturated carbocycles. The van der Waals surface area contributed by atoms with E-state index >= 15 is 0 Å². The lowest BCUT2D eigenvalue weighted by Gasteiger charge is -2.10. The predicted octanol–water partition coefficient (Wildman–Crippen LogP) is 2.58. The predicted molar refractivity (Wildman–Crippen MR) is 85.3 cm³/mol. The third kappa shape index (κ3) is 4.23. The average Bonchev–Trinajstić information content (AvgIpc) is 2.54. The zero-order valence-corrected chi connectivity index (χ0v) is 12.8. The highest BCUT2D eigenvalue weighted by atomic mass is 16.5. The molecule has 0 spiro atoms. The Balaban J connectivity index is 2.08. The molecule has 0 aromatic heterocycles. The quantitative estimate of drug-likeness (QED) is 0.856. The van der Waals surface area contributed by atoms with E-state index in [0.717, 1.165) is 5.56 Å². The standard InChI is InChI=1S/C17H17NO5/c1-22-14-7-6-11(8-15(14)23-2)9-16(19)18-13-5-3-4-12(10-13)17(20)21/h3-8,10H,9H2,1-2H3,(H,18,19)(H,20,21). The zero-order valence-electron chi connectivity index (χ0n) is 12.8. The number of benzene rings is 2. The lowest BCUT2D eigenvalue weighted by Crippen LogP contribution is -2.14. The van der Waals surface area contributed by atoms with Crippen molar-refractivity contribution in [3.8, 4) is 11.5 Å². The largest absolute Gasteiger partial charge is 0.493 e. The van der Waals surface area contributed by atoms with Crippen LogP contribution in [0.1, 0.15) is 15.9 Å². The molecule has 0 heterocycles. The van der Waals surface area contributed by atoms with E-state index in [1.807, 2.05) is 0 Å². The highest BCUT2D eigenvalue weighted by Gasteiger charge is 2.10. The number of amides is 1. The summed E-state index contributed by atoms with van der Waals surface area (Å²) in [6, 6.07) is 11.3. The number of hydrogen-bond acceptors (Lipinski definition) is 4. The first kappa shape index (κ1) is 16.4. The number of hydrogen-bond donors (Lipinski definition) is 2. The van der Waals surface area contributed by atoms with Gasteiger partial charge in [-0.1, -0.05) is 12.1 Å². The Kier molecular flexibility index (Phi) is 5.19. The van der Waals surface area contributed by atoms with Crippen LogP contribution >= 0.6 is 0 Å². The average molecular weight is 315 g/mol. The van der Waals surface area contributed by atoms with E-state index in [0.29, 0.717) is 17.2 Å². The number of carbonyl (C=O) groups excluding carboxylic acids is 1. The summed E-state index contributed by atoms with van der Waals surface area (Å²) in [7, 11) is 3.07. The van der Waals surface area contributed by atoms with Crippen molar-refractivity contribution >= 4 is 17.6 Å². The smallest absolute Gasteiger partial charge is 0.335 e. The van der Waals surface area contributed by atoms with Crippen LogP contribution < -0.4 is 14.8 Å². The summed E-state index contributed by atoms with van der Waals surface area (Å²) in [5, 5.41) is 11.6. The Hall–Kier alpha value is -3.02. The van der Waals surface area contributed by atoms with Crippen molar-refractivity contribution in [2.45, 2.75) is 6.42 Å². The Morgan fingerprint density at radius 2 is 1.78 bits per heavy atom. The first-order chi connectivity index (χ1) is 11.0. The molecule has 0 atom stereocenters. The van der Waals surface area contributed by atoms with Gasteiger partial charge in [0, 0.05) is 5.69 Å². The van der Waals surface area contributed by atoms with E-state index in [9.17, 15) is 9.59 Å². The van der Waals surface area contributed by atoms with Gasteiger partial charge in [0.2, 0.25) is 5.91 Å². The molecule has 0 bridgehead atoms. The van der Waals surface area contributed by atoms with E-state index in [-0.39, 0.29) is 17.9 Å². The monoisotopic (exact) mass is 315 g/mol. The summed E-state index contributed by atoms with van der Waals surface area (Å²) in [5.41, 5.74) is 1.32. The molecule has 2 aromatic carbocycles. The number of ether oxygens (including phenoxy) is 2. The van der Waals surface area contributed by atoms with Crippen molar-refractivity contribution in [2.24, 2.45) is 0 Å². The second-order valence-electron chi connectivity index (χ2n) is 4.80. The number of nitrogens with one attached hydrogen (secondary N) is 1. The first-order valence-electron chi connectivity index (χ1n) is 6.87. The van der Waals surface area contributed by atoms with Crippen LogP contribution in [0.4, 0.5) is 5.69 Å². The molecule has 1 amide bonds. The normalized spacial score (nSPS) is 10.0. The van der Waals surface area contributed by atoms with Gasteiger partial charge in [0.15, 0.2) is 11.5 Å². The zero-order chi connectivity index (χ0) is 16.8. The van der Waals surface area contributed by atoms with Crippen molar-refractivity contribution in [2.75, 3.05) is 19.5 Å². The molecule has 6 heteroatoms. The van der Waals surface area contributed by atoms with Gasteiger partial charge in [0.1, 0.15) is 0 Å². The fourth-order valence-corrected chi connectivity index (χ4v) is 2.11. The number of carbonyl (C=O) groups is 2. The molecule has 23 heavy (non-hydrogen) atoms. The maximum Gasteiger partial charge on any atom is 0.335 e. The van der Waals surface area contributed by atoms with Gasteiger partial charge in [0.25, 0.3) is 0 Å². The summed E-state index contributed by atoms with van der Waals surface area (Å²) in [6.45, 7) is 0. The summed E-state index contributed by atoms with van der Waals surface area (Å²) in [5.74, 6) is -0.155. The minimum absolute atomic E-state index is 0.119. The minimum Gasteiger partial charge on any atom is -0.493 e. The van der Waals surface area contributed by atoms with Gasteiger partial charge in [-0.3, -0.25) is 4.79 Å². The second kappa shape index (κ2) is 7.31. The molecule has 0 fully saturated rings. The van der Waals surface area contributed by atoms with Crippen LogP contribution in [0, 0.1) is 0 Å². The minimum atomic E-state index is -1.04. The Morgan fingerprint density at radius 1 is 1.04 bits per heavy atom. The number of methoxy groups -OCH3 is 2. The van der Waals surface area contributed by atoms with E-state index in [2.05, 4.69) is 5.32 Å². The molecule has 0 radical (unpaired) electrons. The van der Waals surface area contributed by atoms with E-state index in [1.165, 1.54) is 19.2 Å². The third-order valence-electron chi connectivity index (χ3n) is 3.21. The van der Waals surface area contributed by atoms with Gasteiger partial charge < -0.3 is 19.9 Å². The van der Waals surface area contributed by atoms with E-state index in [1.54, 1.807) is 37.4 Å². The number of carboxylic acid groups (broad SMARTS) is 1. The molecule has 6 nitrogen and oxygen atoms in total. The van der Waals surface area contributed by atoms with Crippen molar-refractivity contribution in [3.05, 3.63) is 53.6 Å². The van der Waals surface area contributed by atoms with Crippen LogP contribution in [0.2, 0.25) is 0 Å². The van der Waals surface area contributed by atoms with Crippen molar-refractivity contribution in [1.82, 2.24) is 0 Å². The molecular weight excluding hydrogens is 298 g/mol. The fraction of sp³-hybridized carbons (Fsp3) is 0.176. The summed E-state index contributed by atoms with van der Waals surface area (Å²) >= 11 is 0. The van der Waals surface area contributed by atoms with Crippen LogP contribution in [-0.4, -0.2) is 31.2 Å². The molecule has 0 aliphatic carbocycles. The van der Waals surface area contributed by atoms with E-state index < -0.39 is 5.97 Å². The Morgan fingerprint density at radius 3 is 2.43 bits per heavy atom. The van der Waals surface area contributed by atoms with Crippen molar-refractivity contribution in [3.63, 3.8) is 0 Å². The van der Waals surface area contributed by atoms with Gasteiger partial charge in [-0.05, 0) is 35.9 Å². The van der Waals surface area contributed by atoms with Gasteiger partial charge >= 0.3 is 5.97 Å². The SMILES string of the molecule is COc1ccc(CC(=O)Nc2cccc(C(=O)O)c2)cc1OC. The Labute approximate surface area is 133 Å². The van der Waals surface area contributed by atoms with Crippen molar-refractivity contribution < 1.29 is 24.2 Å². The molecule has 2 aromatic rings. The fourth-order valence-electron chi connectivity index (χ4n) is 2.11. The van der Waals surface area contributed by atoms with Gasteiger partial charge in [-0.25, -0.2) is 4.79 Å². The topological polar surface area (TPSA) is 84.9 Å². The van der Waals surface area contributed by atoms with Gasteiger partial charge in [-0.2, -0.15) is 0 Å². The maximum atomic E-state index is 12.1. The van der Waals surface area contributed by atoms with E-state index in [4.69, 9.17) is 14.6 Å². The summed E-state index contributed by atoms with van der Waals surface area (Å²) < 4.78 is 10.3. The highest BCUT2D eigenvalue weighted by molar-refractivity contribution is 5.94. The van der Waals surface area contributed by atoms with Crippen LogP contribution in [0.5, 0.6) is 11.5 Å². The first-order valence-corrected chi connectivity index (χ1v) is 6.87. The lowest BCUT2D eigenvalue weighted by molar-refractivity contribution is -0.115. The molecular formula is C17H17NO5. The Bertz CT molecular complexity index is 727. The number of anilines is 1. The second-order valence-corrected chi connectivity index (χ2v) is 4.80. The molecule has 0 aliphatic rings. The summed E-state index contributed by atoms with van der Waals surface area (Å²) in [4.78, 5) is 23.0. The number of aromatic carboxylic acids is 1. The van der Waals surface area contributed by atoms with Gasteiger partial charge in [0.05, 0.1) is 26.2 Å². The maximum absolute atomic E-state index is 12.1. The van der Waals surface area contributed by atoms with Crippen molar-refractivity contribution in [1.29, 1.82) is 0 Å². The van der Waals surface area contributed by atoms with Crippen LogP contribution in [0.25, 0.3) is 0 Å². The molecule has 0 saturated heterocycles. The molecule has 2 N–H and O–H groups in total. The van der Waals surface area contributed by atoms with Crippen LogP contribution in [0.3, 0.4) is 0 Å². The number of carboxylic acids is 1. The highest BCUT2D eigenvalue weighted by Crippen LogP contribution is 2.27. The number of rotatable bonds is 6. The van der Waals surface area contributed by atoms with Crippen LogP contribution in [0.15, 0.2) is 42.5 Å². The molecule has 120 valence electrons.